The molecule has 0 aliphatic heterocycles. The van der Waals surface area contributed by atoms with Crippen molar-refractivity contribution >= 4 is 28.8 Å². The van der Waals surface area contributed by atoms with Gasteiger partial charge in [0.15, 0.2) is 0 Å². The summed E-state index contributed by atoms with van der Waals surface area (Å²) in [5.41, 5.74) is 2.50. The van der Waals surface area contributed by atoms with E-state index in [0.717, 1.165) is 21.9 Å². The molecule has 6 heteroatoms. The smallest absolute Gasteiger partial charge is 0.270 e. The van der Waals surface area contributed by atoms with E-state index in [9.17, 15) is 4.79 Å². The third kappa shape index (κ3) is 5.81. The zero-order valence-electron chi connectivity index (χ0n) is 15.9. The van der Waals surface area contributed by atoms with Crippen molar-refractivity contribution in [3.05, 3.63) is 80.8 Å². The summed E-state index contributed by atoms with van der Waals surface area (Å²) in [6, 6.07) is 15.6. The average molecular weight is 415 g/mol. The average Bonchev–Trinajstić information content (AvgIpc) is 3.15. The second kappa shape index (κ2) is 9.71. The van der Waals surface area contributed by atoms with E-state index in [1.54, 1.807) is 5.38 Å². The number of carbonyl (C=O) groups is 1. The minimum absolute atomic E-state index is 0.136. The lowest BCUT2D eigenvalue weighted by Crippen LogP contribution is -2.27. The molecular weight excluding hydrogens is 392 g/mol. The molecule has 0 saturated carbocycles. The topological polar surface area (TPSA) is 51.2 Å². The molecule has 2 aromatic carbocycles. The van der Waals surface area contributed by atoms with Crippen LogP contribution >= 0.6 is 22.9 Å². The molecule has 0 aliphatic carbocycles. The summed E-state index contributed by atoms with van der Waals surface area (Å²) in [6.07, 6.45) is 0.562. The molecule has 0 aliphatic rings. The molecule has 0 bridgehead atoms. The Bertz CT molecular complexity index is 925. The first-order valence-electron chi connectivity index (χ1n) is 9.19. The van der Waals surface area contributed by atoms with E-state index in [2.05, 4.69) is 24.1 Å². The highest BCUT2D eigenvalue weighted by molar-refractivity contribution is 7.09. The monoisotopic (exact) mass is 414 g/mol. The number of hydrogen-bond donors (Lipinski definition) is 1. The summed E-state index contributed by atoms with van der Waals surface area (Å²) in [6.45, 7) is 5.24. The molecule has 0 atom stereocenters. The Hall–Kier alpha value is -2.37. The molecule has 1 aromatic heterocycles. The van der Waals surface area contributed by atoms with Gasteiger partial charge in [0, 0.05) is 28.9 Å². The van der Waals surface area contributed by atoms with Crippen LogP contribution in [0.15, 0.2) is 53.9 Å². The fraction of sp³-hybridized carbons (Fsp3) is 0.273. The minimum Gasteiger partial charge on any atom is -0.489 e. The normalized spacial score (nSPS) is 10.9. The molecule has 3 aromatic rings. The maximum Gasteiger partial charge on any atom is 0.270 e. The third-order valence-corrected chi connectivity index (χ3v) is 5.14. The number of amides is 1. The van der Waals surface area contributed by atoms with E-state index in [1.807, 2.05) is 48.5 Å². The van der Waals surface area contributed by atoms with Crippen LogP contribution in [0.2, 0.25) is 5.02 Å². The summed E-state index contributed by atoms with van der Waals surface area (Å²) < 4.78 is 6.01. The predicted octanol–water partition coefficient (Wildman–Crippen LogP) is 5.35. The summed E-state index contributed by atoms with van der Waals surface area (Å²) in [7, 11) is 0. The Morgan fingerprint density at radius 2 is 2.00 bits per heavy atom. The number of aromatic nitrogens is 1. The van der Waals surface area contributed by atoms with Crippen LogP contribution in [0.4, 0.5) is 0 Å². The van der Waals surface area contributed by atoms with E-state index in [-0.39, 0.29) is 5.91 Å². The largest absolute Gasteiger partial charge is 0.489 e. The number of ether oxygens (including phenoxy) is 1. The van der Waals surface area contributed by atoms with E-state index in [1.165, 1.54) is 11.3 Å². The van der Waals surface area contributed by atoms with Gasteiger partial charge in [0.25, 0.3) is 5.91 Å². The quantitative estimate of drug-likeness (QED) is 0.540. The first kappa shape index (κ1) is 20.4. The van der Waals surface area contributed by atoms with E-state index >= 15 is 0 Å². The Morgan fingerprint density at radius 1 is 1.21 bits per heavy atom. The fourth-order valence-electron chi connectivity index (χ4n) is 2.61. The van der Waals surface area contributed by atoms with Gasteiger partial charge >= 0.3 is 0 Å². The van der Waals surface area contributed by atoms with Crippen LogP contribution in [-0.2, 0) is 13.0 Å². The van der Waals surface area contributed by atoms with Gasteiger partial charge in [0.1, 0.15) is 18.1 Å². The Balaban J connectivity index is 1.70. The van der Waals surface area contributed by atoms with Crippen molar-refractivity contribution in [1.82, 2.24) is 10.3 Å². The second-order valence-electron chi connectivity index (χ2n) is 6.93. The van der Waals surface area contributed by atoms with Gasteiger partial charge < -0.3 is 10.1 Å². The van der Waals surface area contributed by atoms with Crippen molar-refractivity contribution in [2.45, 2.75) is 26.9 Å². The zero-order chi connectivity index (χ0) is 19.9. The van der Waals surface area contributed by atoms with Crippen LogP contribution in [0.1, 0.15) is 40.5 Å². The van der Waals surface area contributed by atoms with Crippen molar-refractivity contribution in [1.29, 1.82) is 0 Å². The van der Waals surface area contributed by atoms with E-state index in [0.29, 0.717) is 36.2 Å². The number of rotatable bonds is 8. The molecular formula is C22H23ClN2O2S. The van der Waals surface area contributed by atoms with E-state index < -0.39 is 0 Å². The molecule has 1 amide bonds. The summed E-state index contributed by atoms with van der Waals surface area (Å²) in [5.74, 6) is 1.04. The highest BCUT2D eigenvalue weighted by Crippen LogP contribution is 2.27. The van der Waals surface area contributed by atoms with Crippen molar-refractivity contribution in [2.75, 3.05) is 6.54 Å². The lowest BCUT2D eigenvalue weighted by Gasteiger charge is -2.11. The molecule has 0 unspecified atom stereocenters. The highest BCUT2D eigenvalue weighted by atomic mass is 35.5. The van der Waals surface area contributed by atoms with E-state index in [4.69, 9.17) is 16.3 Å². The highest BCUT2D eigenvalue weighted by Gasteiger charge is 2.13. The van der Waals surface area contributed by atoms with Gasteiger partial charge in [-0.15, -0.1) is 11.3 Å². The molecule has 0 spiro atoms. The van der Waals surface area contributed by atoms with Crippen LogP contribution in [0.3, 0.4) is 0 Å². The molecule has 0 fully saturated rings. The first-order chi connectivity index (χ1) is 13.5. The van der Waals surface area contributed by atoms with Crippen molar-refractivity contribution < 1.29 is 9.53 Å². The predicted molar refractivity (Wildman–Crippen MR) is 114 cm³/mol. The van der Waals surface area contributed by atoms with Gasteiger partial charge in [-0.3, -0.25) is 4.79 Å². The summed E-state index contributed by atoms with van der Waals surface area (Å²) >= 11 is 7.66. The van der Waals surface area contributed by atoms with Gasteiger partial charge in [-0.25, -0.2) is 4.98 Å². The number of halogens is 1. The molecule has 146 valence electrons. The number of thiazole rings is 1. The van der Waals surface area contributed by atoms with Crippen LogP contribution in [0, 0.1) is 5.92 Å². The van der Waals surface area contributed by atoms with Gasteiger partial charge in [-0.05, 0) is 29.7 Å². The minimum atomic E-state index is -0.136. The van der Waals surface area contributed by atoms with Gasteiger partial charge in [-0.2, -0.15) is 0 Å². The lowest BCUT2D eigenvalue weighted by atomic mass is 10.1. The van der Waals surface area contributed by atoms with Gasteiger partial charge in [0.05, 0.1) is 5.01 Å². The Morgan fingerprint density at radius 3 is 2.75 bits per heavy atom. The number of benzene rings is 2. The number of carbonyl (C=O) groups excluding carboxylic acids is 1. The maximum atomic E-state index is 12.2. The van der Waals surface area contributed by atoms with Crippen LogP contribution < -0.4 is 10.1 Å². The van der Waals surface area contributed by atoms with Crippen LogP contribution in [0.5, 0.6) is 5.75 Å². The Kier molecular flexibility index (Phi) is 7.06. The van der Waals surface area contributed by atoms with Crippen molar-refractivity contribution in [3.63, 3.8) is 0 Å². The molecule has 1 N–H and O–H groups in total. The zero-order valence-corrected chi connectivity index (χ0v) is 17.5. The van der Waals surface area contributed by atoms with Crippen LogP contribution in [0.25, 0.3) is 0 Å². The Labute approximate surface area is 174 Å². The molecule has 3 rings (SSSR count). The van der Waals surface area contributed by atoms with Gasteiger partial charge in [-0.1, -0.05) is 55.8 Å². The number of nitrogens with zero attached hydrogens (tertiary/aromatic N) is 1. The lowest BCUT2D eigenvalue weighted by molar-refractivity contribution is 0.0944. The maximum absolute atomic E-state index is 12.2. The summed E-state index contributed by atoms with van der Waals surface area (Å²) in [4.78, 5) is 16.7. The number of nitrogens with one attached hydrogen (secondary N) is 1. The van der Waals surface area contributed by atoms with Crippen molar-refractivity contribution in [2.24, 2.45) is 5.92 Å². The number of hydrogen-bond acceptors (Lipinski definition) is 4. The molecule has 0 saturated heterocycles. The molecule has 4 nitrogen and oxygen atoms in total. The first-order valence-corrected chi connectivity index (χ1v) is 10.4. The summed E-state index contributed by atoms with van der Waals surface area (Å²) in [5, 5.41) is 6.18. The molecule has 0 radical (unpaired) electrons. The van der Waals surface area contributed by atoms with Crippen LogP contribution in [-0.4, -0.2) is 17.4 Å². The fourth-order valence-corrected chi connectivity index (χ4v) is 3.60. The van der Waals surface area contributed by atoms with Gasteiger partial charge in [0.2, 0.25) is 0 Å². The third-order valence-electron chi connectivity index (χ3n) is 4.06. The standard InChI is InChI=1S/C22H23ClN2O2S/c1-15(2)12-24-22(26)19-14-28-21(25-19)11-17-10-18(23)8-9-20(17)27-13-16-6-4-3-5-7-16/h3-10,14-15H,11-13H2,1-2H3,(H,24,26). The second-order valence-corrected chi connectivity index (χ2v) is 8.31. The molecule has 1 heterocycles. The SMILES string of the molecule is CC(C)CNC(=O)c1csc(Cc2cc(Cl)ccc2OCc2ccccc2)n1. The van der Waals surface area contributed by atoms with Crippen molar-refractivity contribution in [3.8, 4) is 5.75 Å². The molecule has 28 heavy (non-hydrogen) atoms.